The van der Waals surface area contributed by atoms with Crippen LogP contribution in [-0.2, 0) is 52.9 Å². The number of ether oxygens (including phenoxy) is 3. The summed E-state index contributed by atoms with van der Waals surface area (Å²) < 4.78 is 17.7. The molecular weight excluding hydrogens is 1540 g/mol. The standard InChI is InChI=1S/C34H48N4O4.C30H42N4O4S.C30H41N3O4S/c1-21(35-8)30(39)37-29(33(2,3)4)32(41)38-20-24-18-25(42-34(5,6)7)17-16-23(24)19-28(38)31(40)36-27-15-11-13-22-12-9-10-14-26(22)27;1-19(31-5)27(36)33-25(20-10-7-6-8-11-20)29(37)34-17-9-12-24(34)28-32-23(18-39-28)26(35)21-13-15-22(16-14-21)38-30(2,3)4;1-5-20(4)28(35)32-26(21-11-7-6-8-12-21)30(36)33-16-10-15-25(33)29-31-24(18-38-29)27(34)22-13-9-14-23(17-22)37-19(2)3/h9-10,12,14,16-18,21,27-29,35H,11,13,15,19-20H2,1-8H3,(H,36,40)(H,37,39);13-16,18-20,24-25,31H,6-12,17H2,1-5H3,(H,33,36);9,13-14,17-21,25-26H,5-8,10-12,15-16H2,1-4H3,(H,32,35)/t21-,27+,28-,29+;19-,24-,25-;20-,25+,26+/m001/s1. The second kappa shape index (κ2) is 41.6. The number of rotatable bonds is 26. The van der Waals surface area contributed by atoms with E-state index >= 15 is 0 Å². The lowest BCUT2D eigenvalue weighted by molar-refractivity contribution is -0.147. The largest absolute Gasteiger partial charge is 0.491 e. The van der Waals surface area contributed by atoms with E-state index < -0.39 is 35.6 Å². The molecule has 5 heterocycles. The lowest BCUT2D eigenvalue weighted by atomic mass is 9.83. The second-order valence-corrected chi connectivity index (χ2v) is 38.3. The number of likely N-dealkylation sites (tertiary alicyclic amines) is 2. The van der Waals surface area contributed by atoms with E-state index in [1.54, 1.807) is 80.0 Å². The zero-order valence-electron chi connectivity index (χ0n) is 73.3. The van der Waals surface area contributed by atoms with Gasteiger partial charge in [-0.05, 0) is 248 Å². The molecule has 2 saturated carbocycles. The fourth-order valence-corrected chi connectivity index (χ4v) is 18.6. The summed E-state index contributed by atoms with van der Waals surface area (Å²) in [6, 6.07) is 24.6. The van der Waals surface area contributed by atoms with Crippen LogP contribution in [0.3, 0.4) is 0 Å². The zero-order valence-corrected chi connectivity index (χ0v) is 75.0. The minimum absolute atomic E-state index is 0.00216. The Hall–Kier alpha value is -8.91. The van der Waals surface area contributed by atoms with E-state index in [1.807, 2.05) is 142 Å². The first-order chi connectivity index (χ1) is 56.5. The molecule has 2 saturated heterocycles. The fourth-order valence-electron chi connectivity index (χ4n) is 16.7. The Morgan fingerprint density at radius 3 is 1.55 bits per heavy atom. The molecule has 6 aromatic rings. The molecule has 10 atom stereocenters. The Balaban J connectivity index is 0.000000188. The smallest absolute Gasteiger partial charge is 0.246 e. The maximum atomic E-state index is 14.4. The van der Waals surface area contributed by atoms with Gasteiger partial charge in [0.1, 0.15) is 74.0 Å². The Bertz CT molecular complexity index is 4470. The summed E-state index contributed by atoms with van der Waals surface area (Å²) in [7, 11) is 3.45. The Morgan fingerprint density at radius 2 is 1.03 bits per heavy atom. The number of aromatic nitrogens is 2. The summed E-state index contributed by atoms with van der Waals surface area (Å²) in [5, 5.41) is 23.5. The third-order valence-corrected chi connectivity index (χ3v) is 25.5. The van der Waals surface area contributed by atoms with Gasteiger partial charge in [-0.3, -0.25) is 43.2 Å². The molecule has 0 radical (unpaired) electrons. The lowest BCUT2D eigenvalue weighted by Gasteiger charge is -2.42. The topological polar surface area (TPSA) is 289 Å². The summed E-state index contributed by atoms with van der Waals surface area (Å²) in [5.41, 5.74) is 4.96. The van der Waals surface area contributed by atoms with Crippen molar-refractivity contribution in [3.05, 3.63) is 157 Å². The van der Waals surface area contributed by atoms with Crippen LogP contribution in [0.1, 0.15) is 296 Å². The zero-order chi connectivity index (χ0) is 86.2. The number of hydrogen-bond donors (Lipinski definition) is 6. The predicted octanol–water partition coefficient (Wildman–Crippen LogP) is 15.3. The highest BCUT2D eigenvalue weighted by Crippen LogP contribution is 2.41. The first-order valence-electron chi connectivity index (χ1n) is 43.4. The number of aryl methyl sites for hydroxylation is 1. The molecule has 23 nitrogen and oxygen atoms in total. The van der Waals surface area contributed by atoms with E-state index in [1.165, 1.54) is 41.1 Å². The number of amides is 7. The Morgan fingerprint density at radius 1 is 0.504 bits per heavy atom. The minimum Gasteiger partial charge on any atom is -0.491 e. The van der Waals surface area contributed by atoms with Crippen LogP contribution in [0, 0.1) is 23.2 Å². The van der Waals surface area contributed by atoms with E-state index in [0.717, 1.165) is 135 Å². The third-order valence-electron chi connectivity index (χ3n) is 23.6. The van der Waals surface area contributed by atoms with E-state index in [9.17, 15) is 43.2 Å². The van der Waals surface area contributed by atoms with Gasteiger partial charge >= 0.3 is 0 Å². The molecule has 7 amide bonds. The number of ketones is 2. The maximum Gasteiger partial charge on any atom is 0.246 e. The van der Waals surface area contributed by atoms with E-state index in [-0.39, 0.29) is 119 Å². The summed E-state index contributed by atoms with van der Waals surface area (Å²) in [5.74, 6) is 1.03. The van der Waals surface area contributed by atoms with Gasteiger partial charge in [0, 0.05) is 53.9 Å². The van der Waals surface area contributed by atoms with Gasteiger partial charge < -0.3 is 60.8 Å². The van der Waals surface area contributed by atoms with Crippen LogP contribution < -0.4 is 46.1 Å². The van der Waals surface area contributed by atoms with Gasteiger partial charge in [-0.25, -0.2) is 9.97 Å². The van der Waals surface area contributed by atoms with Crippen LogP contribution in [0.5, 0.6) is 17.2 Å². The first-order valence-corrected chi connectivity index (χ1v) is 45.2. The monoisotopic (exact) mass is 1670 g/mol. The number of fused-ring (bicyclic) bond motifs is 2. The molecule has 2 aromatic heterocycles. The summed E-state index contributed by atoms with van der Waals surface area (Å²) in [6.07, 6.45) is 17.9. The van der Waals surface area contributed by atoms with Crippen molar-refractivity contribution in [3.63, 3.8) is 0 Å². The predicted molar refractivity (Wildman–Crippen MR) is 468 cm³/mol. The average molecular weight is 1670 g/mol. The molecule has 3 aliphatic carbocycles. The number of thiazole rings is 2. The summed E-state index contributed by atoms with van der Waals surface area (Å²) >= 11 is 2.85. The highest BCUT2D eigenvalue weighted by molar-refractivity contribution is 7.10. The van der Waals surface area contributed by atoms with Crippen LogP contribution in [0.25, 0.3) is 0 Å². The first kappa shape index (κ1) is 92.4. The number of benzene rings is 4. The highest BCUT2D eigenvalue weighted by atomic mass is 32.1. The van der Waals surface area contributed by atoms with E-state index in [0.29, 0.717) is 53.5 Å². The third kappa shape index (κ3) is 24.7. The lowest BCUT2D eigenvalue weighted by Crippen LogP contribution is -2.62. The van der Waals surface area contributed by atoms with E-state index in [4.69, 9.17) is 24.2 Å². The molecule has 25 heteroatoms. The van der Waals surface area contributed by atoms with Gasteiger partial charge in [0.15, 0.2) is 0 Å². The van der Waals surface area contributed by atoms with Crippen molar-refractivity contribution in [3.8, 4) is 17.2 Å². The van der Waals surface area contributed by atoms with Crippen LogP contribution >= 0.6 is 22.7 Å². The van der Waals surface area contributed by atoms with Gasteiger partial charge in [0.25, 0.3) is 0 Å². The van der Waals surface area contributed by atoms with Crippen molar-refractivity contribution in [2.75, 3.05) is 27.2 Å². The molecular formula is C94H131N11O12S2. The molecule has 646 valence electrons. The van der Waals surface area contributed by atoms with Crippen molar-refractivity contribution in [2.24, 2.45) is 23.2 Å². The average Bonchev–Trinajstić information content (AvgIpc) is 1.53. The van der Waals surface area contributed by atoms with Crippen molar-refractivity contribution < 1.29 is 57.4 Å². The van der Waals surface area contributed by atoms with Gasteiger partial charge in [-0.15, -0.1) is 22.7 Å². The van der Waals surface area contributed by atoms with Crippen molar-refractivity contribution in [1.29, 1.82) is 0 Å². The highest BCUT2D eigenvalue weighted by Gasteiger charge is 2.46. The summed E-state index contributed by atoms with van der Waals surface area (Å²) in [6.45, 7) is 30.6. The SMILES string of the molecule is CC[C@@H](C)C(=O)N[C@H](C(=O)N1CCC[C@H]1c1nc(C(=O)c2cccc(OC(C)C)c2)cs1)C1CCCCC1.CN[C@@H](C)C(=O)N[C@H](C(=O)N1CCC[C@H]1c1nc(C(=O)c2ccc(OC(C)(C)C)cc2)cs1)C1CCCCC1.CN[C@@H](C)C(=O)N[C@H](C(=O)N1Cc2cc(OC(C)(C)C)ccc2C[C@H]1C(=O)N[C@@H]1CCCc2ccccc21)C(C)(C)C. The van der Waals surface area contributed by atoms with Crippen molar-refractivity contribution in [2.45, 2.75) is 304 Å². The van der Waals surface area contributed by atoms with Crippen LogP contribution in [-0.4, -0.2) is 158 Å². The molecule has 0 spiro atoms. The minimum atomic E-state index is -0.818. The summed E-state index contributed by atoms with van der Waals surface area (Å²) in [4.78, 5) is 136. The Kier molecular flexibility index (Phi) is 32.3. The fraction of sp³-hybridized carbons (Fsp3) is 0.585. The molecule has 6 N–H and O–H groups in total. The van der Waals surface area contributed by atoms with Gasteiger partial charge in [-0.1, -0.05) is 116 Å². The van der Waals surface area contributed by atoms with Crippen LogP contribution in [0.2, 0.25) is 0 Å². The quantitative estimate of drug-likeness (QED) is 0.0275. The molecule has 3 aliphatic heterocycles. The van der Waals surface area contributed by atoms with Gasteiger partial charge in [0.2, 0.25) is 52.9 Å². The normalized spacial score (nSPS) is 19.9. The number of nitrogens with zero attached hydrogens (tertiary/aromatic N) is 5. The number of likely N-dealkylation sites (N-methyl/N-ethyl adjacent to an activating group) is 2. The number of carbonyl (C=O) groups excluding carboxylic acids is 9. The molecule has 6 aliphatic rings. The molecule has 4 fully saturated rings. The maximum absolute atomic E-state index is 14.4. The molecule has 0 unspecified atom stereocenters. The number of nitrogens with one attached hydrogen (secondary N) is 6. The van der Waals surface area contributed by atoms with Gasteiger partial charge in [0.05, 0.1) is 36.3 Å². The van der Waals surface area contributed by atoms with E-state index in [2.05, 4.69) is 44.0 Å². The van der Waals surface area contributed by atoms with Crippen molar-refractivity contribution >= 4 is 75.6 Å². The van der Waals surface area contributed by atoms with Crippen molar-refractivity contribution in [1.82, 2.24) is 56.6 Å². The molecule has 0 bridgehead atoms. The van der Waals surface area contributed by atoms with Crippen LogP contribution in [0.4, 0.5) is 0 Å². The van der Waals surface area contributed by atoms with Crippen LogP contribution in [0.15, 0.2) is 102 Å². The Labute approximate surface area is 713 Å². The molecule has 12 rings (SSSR count). The molecule has 119 heavy (non-hydrogen) atoms. The number of carbonyl (C=O) groups is 9. The van der Waals surface area contributed by atoms with Gasteiger partial charge in [-0.2, -0.15) is 0 Å². The number of hydrogen-bond acceptors (Lipinski definition) is 18. The molecule has 4 aromatic carbocycles. The second-order valence-electron chi connectivity index (χ2n) is 36.5.